The summed E-state index contributed by atoms with van der Waals surface area (Å²) >= 11 is 0. The summed E-state index contributed by atoms with van der Waals surface area (Å²) in [7, 11) is 6.64. The van der Waals surface area contributed by atoms with Gasteiger partial charge in [0.15, 0.2) is 11.3 Å². The number of nitrogens with zero attached hydrogens (tertiary/aromatic N) is 7. The van der Waals surface area contributed by atoms with Gasteiger partial charge in [0.25, 0.3) is 0 Å². The van der Waals surface area contributed by atoms with E-state index in [0.29, 0.717) is 28.9 Å². The number of aryl methyl sites for hydroxylation is 1. The lowest BCUT2D eigenvalue weighted by Crippen LogP contribution is -2.33. The van der Waals surface area contributed by atoms with Gasteiger partial charge < -0.3 is 9.47 Å². The zero-order chi connectivity index (χ0) is 17.5. The number of methoxy groups -OCH3 is 2. The van der Waals surface area contributed by atoms with Crippen LogP contribution in [-0.4, -0.2) is 41.9 Å². The monoisotopic (exact) mass is 332 g/mol. The molecule has 2 radical (unpaired) electrons. The molecule has 1 aliphatic rings. The molecule has 2 heterocycles. The Labute approximate surface area is 140 Å². The second-order valence-electron chi connectivity index (χ2n) is 4.72. The molecule has 0 aromatic carbocycles. The summed E-state index contributed by atoms with van der Waals surface area (Å²) in [6.07, 6.45) is 3.47. The highest BCUT2D eigenvalue weighted by Crippen LogP contribution is 2.08. The highest BCUT2D eigenvalue weighted by molar-refractivity contribution is 5.78. The molecule has 0 bridgehead atoms. The molecule has 128 valence electrons. The SMILES string of the molecule is COC1=CC=C([N]/N=C(\C)N/N=c2/ccc(OC)nn2C)N(C)[N]1. The summed E-state index contributed by atoms with van der Waals surface area (Å²) in [6.45, 7) is 1.75. The van der Waals surface area contributed by atoms with E-state index in [1.165, 1.54) is 0 Å². The largest absolute Gasteiger partial charge is 0.480 e. The van der Waals surface area contributed by atoms with Crippen LogP contribution in [0, 0.1) is 0 Å². The average Bonchev–Trinajstić information content (AvgIpc) is 2.59. The van der Waals surface area contributed by atoms with E-state index < -0.39 is 0 Å². The van der Waals surface area contributed by atoms with Gasteiger partial charge >= 0.3 is 0 Å². The second kappa shape index (κ2) is 7.90. The van der Waals surface area contributed by atoms with Gasteiger partial charge in [-0.1, -0.05) is 0 Å². The van der Waals surface area contributed by atoms with Crippen molar-refractivity contribution < 1.29 is 9.47 Å². The maximum Gasteiger partial charge on any atom is 0.231 e. The summed E-state index contributed by atoms with van der Waals surface area (Å²) in [5, 5.41) is 14.0. The van der Waals surface area contributed by atoms with Gasteiger partial charge in [-0.2, -0.15) is 5.10 Å². The molecule has 0 amide bonds. The predicted octanol–water partition coefficient (Wildman–Crippen LogP) is -0.434. The van der Waals surface area contributed by atoms with Gasteiger partial charge in [0.2, 0.25) is 11.8 Å². The van der Waals surface area contributed by atoms with Crippen LogP contribution in [-0.2, 0) is 11.8 Å². The molecule has 0 aliphatic carbocycles. The average molecular weight is 332 g/mol. The fourth-order valence-corrected chi connectivity index (χ4v) is 1.68. The molecular weight excluding hydrogens is 312 g/mol. The zero-order valence-corrected chi connectivity index (χ0v) is 14.3. The van der Waals surface area contributed by atoms with E-state index in [1.54, 1.807) is 69.2 Å². The van der Waals surface area contributed by atoms with Crippen molar-refractivity contribution in [2.24, 2.45) is 17.3 Å². The fraction of sp³-hybridized carbons (Fsp3) is 0.357. The standard InChI is InChI=1S/C14H20N8O2/c1-10(15-17-11-6-8-13(23-4)19-21(11)2)16-18-12-7-9-14(24-5)20-22(12)3/h6-9H,1-5H3,(H,15,16)/b17-11-. The van der Waals surface area contributed by atoms with Crippen LogP contribution >= 0.6 is 0 Å². The Morgan fingerprint density at radius 1 is 1.17 bits per heavy atom. The van der Waals surface area contributed by atoms with E-state index in [4.69, 9.17) is 9.47 Å². The van der Waals surface area contributed by atoms with Crippen molar-refractivity contribution in [3.63, 3.8) is 0 Å². The molecule has 1 aliphatic heterocycles. The molecule has 2 rings (SSSR count). The number of rotatable bonds is 5. The second-order valence-corrected chi connectivity index (χ2v) is 4.72. The molecule has 1 aromatic rings. The van der Waals surface area contributed by atoms with Crippen molar-refractivity contribution in [3.05, 3.63) is 41.5 Å². The molecule has 10 nitrogen and oxygen atoms in total. The van der Waals surface area contributed by atoms with Crippen molar-refractivity contribution in [2.45, 2.75) is 6.92 Å². The van der Waals surface area contributed by atoms with Crippen LogP contribution in [0.1, 0.15) is 6.92 Å². The van der Waals surface area contributed by atoms with Gasteiger partial charge in [0.05, 0.1) is 14.2 Å². The third kappa shape index (κ3) is 4.41. The summed E-state index contributed by atoms with van der Waals surface area (Å²) < 4.78 is 11.7. The van der Waals surface area contributed by atoms with E-state index in [-0.39, 0.29) is 0 Å². The quantitative estimate of drug-likeness (QED) is 0.447. The molecule has 0 atom stereocenters. The summed E-state index contributed by atoms with van der Waals surface area (Å²) in [4.78, 5) is 0. The highest BCUT2D eigenvalue weighted by Gasteiger charge is 2.13. The van der Waals surface area contributed by atoms with E-state index in [9.17, 15) is 0 Å². The van der Waals surface area contributed by atoms with Gasteiger partial charge in [0, 0.05) is 26.2 Å². The topological polar surface area (TPSA) is 104 Å². The number of aromatic nitrogens is 2. The minimum absolute atomic E-state index is 0.504. The Bertz CT molecular complexity index is 735. The van der Waals surface area contributed by atoms with Gasteiger partial charge in [-0.3, -0.25) is 5.43 Å². The number of ether oxygens (including phenoxy) is 2. The first-order valence-corrected chi connectivity index (χ1v) is 7.08. The molecular formula is C14H20N8O2. The molecule has 10 heteroatoms. The van der Waals surface area contributed by atoms with Gasteiger partial charge in [0.1, 0.15) is 5.84 Å². The van der Waals surface area contributed by atoms with E-state index in [1.807, 2.05) is 0 Å². The maximum atomic E-state index is 5.04. The number of hydrogen-bond donors (Lipinski definition) is 1. The molecule has 0 unspecified atom stereocenters. The fourth-order valence-electron chi connectivity index (χ4n) is 1.68. The van der Waals surface area contributed by atoms with Gasteiger partial charge in [-0.15, -0.1) is 21.1 Å². The summed E-state index contributed by atoms with van der Waals surface area (Å²) in [5.74, 6) is 2.11. The molecule has 1 N–H and O–H groups in total. The van der Waals surface area contributed by atoms with Crippen molar-refractivity contribution in [3.8, 4) is 5.88 Å². The van der Waals surface area contributed by atoms with Crippen LogP contribution in [0.5, 0.6) is 5.88 Å². The minimum atomic E-state index is 0.504. The van der Waals surface area contributed by atoms with Crippen molar-refractivity contribution in [2.75, 3.05) is 21.3 Å². The molecule has 0 spiro atoms. The number of allylic oxidation sites excluding steroid dienone is 2. The summed E-state index contributed by atoms with van der Waals surface area (Å²) in [5.41, 5.74) is 11.7. The Hall–Kier alpha value is -3.17. The zero-order valence-electron chi connectivity index (χ0n) is 14.3. The Morgan fingerprint density at radius 2 is 1.96 bits per heavy atom. The first-order chi connectivity index (χ1) is 11.5. The molecule has 1 aromatic heterocycles. The van der Waals surface area contributed by atoms with Gasteiger partial charge in [-0.05, 0) is 19.1 Å². The lowest BCUT2D eigenvalue weighted by atomic mass is 10.4. The Morgan fingerprint density at radius 3 is 2.58 bits per heavy atom. The molecule has 0 saturated heterocycles. The third-order valence-corrected chi connectivity index (χ3v) is 2.96. The van der Waals surface area contributed by atoms with Crippen molar-refractivity contribution in [1.82, 2.24) is 31.1 Å². The first kappa shape index (κ1) is 17.2. The van der Waals surface area contributed by atoms with Gasteiger partial charge in [-0.25, -0.2) is 9.69 Å². The van der Waals surface area contributed by atoms with Crippen LogP contribution in [0.2, 0.25) is 0 Å². The minimum Gasteiger partial charge on any atom is -0.480 e. The van der Waals surface area contributed by atoms with Crippen LogP contribution in [0.25, 0.3) is 0 Å². The maximum absolute atomic E-state index is 5.04. The normalized spacial score (nSPS) is 15.3. The van der Waals surface area contributed by atoms with E-state index >= 15 is 0 Å². The van der Waals surface area contributed by atoms with E-state index in [0.717, 1.165) is 0 Å². The Kier molecular flexibility index (Phi) is 5.66. The van der Waals surface area contributed by atoms with Crippen LogP contribution in [0.3, 0.4) is 0 Å². The van der Waals surface area contributed by atoms with Crippen molar-refractivity contribution in [1.29, 1.82) is 0 Å². The third-order valence-electron chi connectivity index (χ3n) is 2.96. The molecule has 24 heavy (non-hydrogen) atoms. The Balaban J connectivity index is 2.01. The lowest BCUT2D eigenvalue weighted by molar-refractivity contribution is 0.174. The number of hydrogen-bond acceptors (Lipinski definition) is 6. The van der Waals surface area contributed by atoms with Crippen molar-refractivity contribution >= 4 is 5.84 Å². The summed E-state index contributed by atoms with van der Waals surface area (Å²) in [6, 6.07) is 3.50. The van der Waals surface area contributed by atoms with Crippen LogP contribution < -0.4 is 26.5 Å². The van der Waals surface area contributed by atoms with E-state index in [2.05, 4.69) is 31.6 Å². The number of nitrogens with one attached hydrogen (secondary N) is 1. The smallest absolute Gasteiger partial charge is 0.231 e. The highest BCUT2D eigenvalue weighted by atomic mass is 16.5. The predicted molar refractivity (Wildman–Crippen MR) is 86.8 cm³/mol. The molecule has 0 fully saturated rings. The molecule has 0 saturated carbocycles. The lowest BCUT2D eigenvalue weighted by Gasteiger charge is -2.22. The number of amidine groups is 1. The first-order valence-electron chi connectivity index (χ1n) is 7.08. The van der Waals surface area contributed by atoms with Crippen LogP contribution in [0.4, 0.5) is 0 Å². The van der Waals surface area contributed by atoms with Crippen LogP contribution in [0.15, 0.2) is 46.2 Å².